The van der Waals surface area contributed by atoms with Gasteiger partial charge < -0.3 is 9.74 Å². The smallest absolute Gasteiger partial charge is 0.361 e. The predicted octanol–water partition coefficient (Wildman–Crippen LogP) is 0.643. The molecule has 1 aliphatic rings. The molecule has 1 rings (SSSR count). The Morgan fingerprint density at radius 2 is 2.07 bits per heavy atom. The van der Waals surface area contributed by atoms with Gasteiger partial charge in [0.1, 0.15) is 0 Å². The summed E-state index contributed by atoms with van der Waals surface area (Å²) in [5.74, 6) is -2.15. The van der Waals surface area contributed by atoms with E-state index in [4.69, 9.17) is 0 Å². The molecule has 1 fully saturated rings. The first-order valence-electron chi connectivity index (χ1n) is 4.51. The van der Waals surface area contributed by atoms with Gasteiger partial charge in [-0.05, 0) is 20.5 Å². The van der Waals surface area contributed by atoms with Crippen molar-refractivity contribution in [3.05, 3.63) is 0 Å². The van der Waals surface area contributed by atoms with Crippen molar-refractivity contribution in [2.75, 3.05) is 27.2 Å². The van der Waals surface area contributed by atoms with E-state index in [1.807, 2.05) is 19.0 Å². The molecule has 1 aliphatic heterocycles. The first-order valence-corrected chi connectivity index (χ1v) is 4.51. The lowest BCUT2D eigenvalue weighted by Crippen LogP contribution is -2.36. The maximum absolute atomic E-state index is 11.8. The lowest BCUT2D eigenvalue weighted by atomic mass is 10.2. The van der Waals surface area contributed by atoms with Crippen LogP contribution in [0.5, 0.6) is 0 Å². The van der Waals surface area contributed by atoms with E-state index >= 15 is 0 Å². The van der Waals surface area contributed by atoms with E-state index in [0.717, 1.165) is 5.06 Å². The molecule has 15 heavy (non-hydrogen) atoms. The van der Waals surface area contributed by atoms with Gasteiger partial charge in [0.2, 0.25) is 0 Å². The summed E-state index contributed by atoms with van der Waals surface area (Å²) in [7, 11) is 3.67. The van der Waals surface area contributed by atoms with Gasteiger partial charge in [0.25, 0.3) is 0 Å². The molecule has 0 unspecified atom stereocenters. The molecule has 0 N–H and O–H groups in total. The van der Waals surface area contributed by atoms with Crippen LogP contribution < -0.4 is 0 Å². The van der Waals surface area contributed by atoms with E-state index in [0.29, 0.717) is 19.5 Å². The Balaban J connectivity index is 2.40. The van der Waals surface area contributed by atoms with E-state index in [-0.39, 0.29) is 6.04 Å². The highest BCUT2D eigenvalue weighted by Gasteiger charge is 2.43. The number of hydrogen-bond donors (Lipinski definition) is 0. The second-order valence-electron chi connectivity index (χ2n) is 3.67. The fourth-order valence-electron chi connectivity index (χ4n) is 1.38. The second-order valence-corrected chi connectivity index (χ2v) is 3.67. The van der Waals surface area contributed by atoms with Crippen LogP contribution in [-0.2, 0) is 9.63 Å². The first kappa shape index (κ1) is 12.3. The van der Waals surface area contributed by atoms with Gasteiger partial charge in [0.05, 0.1) is 6.54 Å². The molecule has 0 amide bonds. The number of likely N-dealkylation sites (N-methyl/N-ethyl adjacent to an activating group) is 1. The van der Waals surface area contributed by atoms with Crippen LogP contribution in [0.3, 0.4) is 0 Å². The third-order valence-corrected chi connectivity index (χ3v) is 2.30. The Morgan fingerprint density at radius 1 is 1.47 bits per heavy atom. The lowest BCUT2D eigenvalue weighted by Gasteiger charge is -2.19. The van der Waals surface area contributed by atoms with Gasteiger partial charge in [-0.3, -0.25) is 0 Å². The van der Waals surface area contributed by atoms with Crippen LogP contribution in [0.1, 0.15) is 6.42 Å². The summed E-state index contributed by atoms with van der Waals surface area (Å²) in [6, 6.07) is 0.131. The Kier molecular flexibility index (Phi) is 3.56. The van der Waals surface area contributed by atoms with E-state index in [2.05, 4.69) is 4.84 Å². The minimum absolute atomic E-state index is 0.131. The van der Waals surface area contributed by atoms with Crippen LogP contribution in [0.2, 0.25) is 0 Å². The molecule has 0 saturated carbocycles. The number of halogens is 3. The highest BCUT2D eigenvalue weighted by Crippen LogP contribution is 2.20. The van der Waals surface area contributed by atoms with E-state index in [1.165, 1.54) is 0 Å². The molecule has 1 saturated heterocycles. The summed E-state index contributed by atoms with van der Waals surface area (Å²) >= 11 is 0. The Labute approximate surface area is 85.5 Å². The van der Waals surface area contributed by atoms with Gasteiger partial charge in [-0.1, -0.05) is 0 Å². The summed E-state index contributed by atoms with van der Waals surface area (Å²) < 4.78 is 35.5. The molecule has 1 heterocycles. The van der Waals surface area contributed by atoms with Gasteiger partial charge in [-0.15, -0.1) is 5.06 Å². The van der Waals surface area contributed by atoms with Crippen LogP contribution in [-0.4, -0.2) is 55.3 Å². The van der Waals surface area contributed by atoms with Crippen molar-refractivity contribution in [1.29, 1.82) is 0 Å². The number of nitrogens with zero attached hydrogens (tertiary/aromatic N) is 2. The van der Waals surface area contributed by atoms with Gasteiger partial charge >= 0.3 is 12.1 Å². The molecule has 88 valence electrons. The zero-order chi connectivity index (χ0) is 11.6. The van der Waals surface area contributed by atoms with E-state index < -0.39 is 12.1 Å². The van der Waals surface area contributed by atoms with E-state index in [9.17, 15) is 18.0 Å². The van der Waals surface area contributed by atoms with Crippen LogP contribution >= 0.6 is 0 Å². The van der Waals surface area contributed by atoms with Crippen molar-refractivity contribution >= 4 is 5.97 Å². The van der Waals surface area contributed by atoms with Crippen LogP contribution in [0.25, 0.3) is 0 Å². The summed E-state index contributed by atoms with van der Waals surface area (Å²) in [4.78, 5) is 16.6. The maximum Gasteiger partial charge on any atom is 0.492 e. The Morgan fingerprint density at radius 3 is 2.47 bits per heavy atom. The fraction of sp³-hybridized carbons (Fsp3) is 0.875. The highest BCUT2D eigenvalue weighted by atomic mass is 19.4. The van der Waals surface area contributed by atoms with Gasteiger partial charge in [-0.2, -0.15) is 13.2 Å². The number of alkyl halides is 3. The number of rotatable bonds is 2. The summed E-state index contributed by atoms with van der Waals surface area (Å²) in [6.07, 6.45) is -4.23. The van der Waals surface area contributed by atoms with Crippen LogP contribution in [0.15, 0.2) is 0 Å². The summed E-state index contributed by atoms with van der Waals surface area (Å²) in [5, 5.41) is 1.06. The molecule has 0 bridgehead atoms. The molecule has 0 aliphatic carbocycles. The summed E-state index contributed by atoms with van der Waals surface area (Å²) in [5.41, 5.74) is 0. The molecule has 0 spiro atoms. The Hall–Kier alpha value is -0.820. The zero-order valence-corrected chi connectivity index (χ0v) is 8.54. The fourth-order valence-corrected chi connectivity index (χ4v) is 1.38. The lowest BCUT2D eigenvalue weighted by molar-refractivity contribution is -0.235. The van der Waals surface area contributed by atoms with Crippen molar-refractivity contribution in [3.8, 4) is 0 Å². The average molecular weight is 226 g/mol. The maximum atomic E-state index is 11.8. The largest absolute Gasteiger partial charge is 0.492 e. The standard InChI is InChI=1S/C8H13F3N2O2/c1-12(2)6-3-4-13(5-6)15-7(14)8(9,10)11/h6H,3-5H2,1-2H3/t6-/m0/s1. The third kappa shape index (κ3) is 3.35. The third-order valence-electron chi connectivity index (χ3n) is 2.30. The molecular formula is C8H13F3N2O2. The van der Waals surface area contributed by atoms with Crippen molar-refractivity contribution in [1.82, 2.24) is 9.96 Å². The molecule has 1 atom stereocenters. The SMILES string of the molecule is CN(C)[C@H]1CCN(OC(=O)C(F)(F)F)C1. The van der Waals surface area contributed by atoms with Crippen molar-refractivity contribution in [2.24, 2.45) is 0 Å². The topological polar surface area (TPSA) is 32.8 Å². The molecule has 0 radical (unpaired) electrons. The predicted molar refractivity (Wildman–Crippen MR) is 45.8 cm³/mol. The van der Waals surface area contributed by atoms with Crippen molar-refractivity contribution < 1.29 is 22.8 Å². The van der Waals surface area contributed by atoms with Crippen LogP contribution in [0, 0.1) is 0 Å². The molecule has 7 heteroatoms. The first-order chi connectivity index (χ1) is 6.80. The Bertz CT molecular complexity index is 243. The normalized spacial score (nSPS) is 23.5. The number of hydrogen-bond acceptors (Lipinski definition) is 4. The zero-order valence-electron chi connectivity index (χ0n) is 8.54. The molecular weight excluding hydrogens is 213 g/mol. The minimum Gasteiger partial charge on any atom is -0.361 e. The molecule has 0 aromatic heterocycles. The van der Waals surface area contributed by atoms with Gasteiger partial charge in [0, 0.05) is 12.6 Å². The number of carbonyl (C=O) groups excluding carboxylic acids is 1. The highest BCUT2D eigenvalue weighted by molar-refractivity contribution is 5.75. The molecule has 0 aromatic carbocycles. The molecule has 4 nitrogen and oxygen atoms in total. The number of carbonyl (C=O) groups is 1. The van der Waals surface area contributed by atoms with Gasteiger partial charge in [0.15, 0.2) is 0 Å². The van der Waals surface area contributed by atoms with Gasteiger partial charge in [-0.25, -0.2) is 4.79 Å². The number of hydroxylamine groups is 2. The van der Waals surface area contributed by atoms with Crippen molar-refractivity contribution in [2.45, 2.75) is 18.6 Å². The summed E-state index contributed by atoms with van der Waals surface area (Å²) in [6.45, 7) is 0.652. The van der Waals surface area contributed by atoms with E-state index in [1.54, 1.807) is 0 Å². The monoisotopic (exact) mass is 226 g/mol. The quantitative estimate of drug-likeness (QED) is 0.692. The van der Waals surface area contributed by atoms with Crippen molar-refractivity contribution in [3.63, 3.8) is 0 Å². The second kappa shape index (κ2) is 4.36. The molecule has 0 aromatic rings. The average Bonchev–Trinajstić information content (AvgIpc) is 2.50. The minimum atomic E-state index is -4.92. The van der Waals surface area contributed by atoms with Crippen LogP contribution in [0.4, 0.5) is 13.2 Å².